The second-order valence-corrected chi connectivity index (χ2v) is 9.15. The Hall–Kier alpha value is -1.96. The molecule has 2 aliphatic heterocycles. The number of aromatic nitrogens is 1. The van der Waals surface area contributed by atoms with Gasteiger partial charge >= 0.3 is 0 Å². The van der Waals surface area contributed by atoms with Gasteiger partial charge in [0, 0.05) is 31.1 Å². The van der Waals surface area contributed by atoms with Gasteiger partial charge in [0.05, 0.1) is 23.6 Å². The fourth-order valence-corrected chi connectivity index (χ4v) is 5.08. The summed E-state index contributed by atoms with van der Waals surface area (Å²) in [5.74, 6) is 0.911. The molecule has 0 N–H and O–H groups in total. The minimum Gasteiger partial charge on any atom is -0.383 e. The van der Waals surface area contributed by atoms with Crippen LogP contribution in [0.1, 0.15) is 30.4 Å². The van der Waals surface area contributed by atoms with Gasteiger partial charge in [0.2, 0.25) is 0 Å². The van der Waals surface area contributed by atoms with Gasteiger partial charge in [0.1, 0.15) is 10.1 Å². The predicted octanol–water partition coefficient (Wildman–Crippen LogP) is 4.38. The van der Waals surface area contributed by atoms with E-state index in [1.54, 1.807) is 12.0 Å². The Kier molecular flexibility index (Phi) is 6.18. The summed E-state index contributed by atoms with van der Waals surface area (Å²) in [4.78, 5) is 22.5. The number of rotatable bonds is 5. The van der Waals surface area contributed by atoms with E-state index in [1.165, 1.54) is 36.6 Å². The van der Waals surface area contributed by atoms with Crippen LogP contribution >= 0.6 is 24.0 Å². The van der Waals surface area contributed by atoms with E-state index in [-0.39, 0.29) is 5.91 Å². The van der Waals surface area contributed by atoms with Gasteiger partial charge in [0.15, 0.2) is 0 Å². The molecule has 5 nitrogen and oxygen atoms in total. The van der Waals surface area contributed by atoms with Gasteiger partial charge in [-0.3, -0.25) is 9.69 Å². The van der Waals surface area contributed by atoms with Crippen LogP contribution in [-0.2, 0) is 9.53 Å². The molecular formula is C22H25N3O2S2. The van der Waals surface area contributed by atoms with E-state index in [0.29, 0.717) is 22.4 Å². The molecule has 2 fully saturated rings. The quantitative estimate of drug-likeness (QED) is 0.521. The molecule has 4 rings (SSSR count). The molecule has 0 atom stereocenters. The Morgan fingerprint density at radius 2 is 2.03 bits per heavy atom. The Labute approximate surface area is 181 Å². The number of hydrogen-bond donors (Lipinski definition) is 0. The van der Waals surface area contributed by atoms with Crippen molar-refractivity contribution in [1.29, 1.82) is 0 Å². The van der Waals surface area contributed by atoms with Crippen molar-refractivity contribution in [3.05, 3.63) is 40.3 Å². The molecule has 1 aromatic carbocycles. The number of aryl methyl sites for hydroxylation is 1. The lowest BCUT2D eigenvalue weighted by molar-refractivity contribution is -0.122. The number of nitrogens with zero attached hydrogens (tertiary/aromatic N) is 3. The predicted molar refractivity (Wildman–Crippen MR) is 124 cm³/mol. The SMILES string of the molecule is COCCN1C(=O)/C(=C/c2cc3cc(C)ccc3nc2N2CCCCC2)SC1=S. The lowest BCUT2D eigenvalue weighted by Gasteiger charge is -2.29. The summed E-state index contributed by atoms with van der Waals surface area (Å²) >= 11 is 6.78. The minimum absolute atomic E-state index is 0.0500. The molecule has 0 radical (unpaired) electrons. The number of carbonyl (C=O) groups excluding carboxylic acids is 1. The third-order valence-corrected chi connectivity index (χ3v) is 6.69. The fraction of sp³-hybridized carbons (Fsp3) is 0.409. The standard InChI is InChI=1S/C22H25N3O2S2/c1-15-6-7-18-16(12-15)13-17(20(23-18)24-8-4-3-5-9-24)14-19-21(26)25(10-11-27-2)22(28)29-19/h6-7,12-14H,3-5,8-11H2,1-2H3/b19-14-. The largest absolute Gasteiger partial charge is 0.383 e. The first kappa shape index (κ1) is 20.3. The lowest BCUT2D eigenvalue weighted by atomic mass is 10.1. The molecule has 0 bridgehead atoms. The lowest BCUT2D eigenvalue weighted by Crippen LogP contribution is -2.31. The van der Waals surface area contributed by atoms with Crippen LogP contribution in [0.4, 0.5) is 5.82 Å². The van der Waals surface area contributed by atoms with Crippen LogP contribution in [0.2, 0.25) is 0 Å². The first-order chi connectivity index (χ1) is 14.1. The van der Waals surface area contributed by atoms with E-state index < -0.39 is 0 Å². The molecule has 3 heterocycles. The monoisotopic (exact) mass is 427 g/mol. The molecular weight excluding hydrogens is 402 g/mol. The molecule has 7 heteroatoms. The van der Waals surface area contributed by atoms with Crippen molar-refractivity contribution in [3.63, 3.8) is 0 Å². The molecule has 2 aromatic rings. The normalized spacial score (nSPS) is 19.0. The Balaban J connectivity index is 1.76. The number of methoxy groups -OCH3 is 1. The fourth-order valence-electron chi connectivity index (χ4n) is 3.78. The molecule has 0 aliphatic carbocycles. The van der Waals surface area contributed by atoms with Crippen molar-refractivity contribution in [2.24, 2.45) is 0 Å². The number of amides is 1. The van der Waals surface area contributed by atoms with Crippen LogP contribution in [0.3, 0.4) is 0 Å². The molecule has 0 unspecified atom stereocenters. The van der Waals surface area contributed by atoms with Crippen LogP contribution in [-0.4, -0.2) is 53.5 Å². The van der Waals surface area contributed by atoms with Gasteiger partial charge in [0.25, 0.3) is 5.91 Å². The molecule has 29 heavy (non-hydrogen) atoms. The number of benzene rings is 1. The molecule has 2 saturated heterocycles. The van der Waals surface area contributed by atoms with Gasteiger partial charge in [-0.15, -0.1) is 0 Å². The van der Waals surface area contributed by atoms with E-state index in [2.05, 4.69) is 36.1 Å². The van der Waals surface area contributed by atoms with E-state index in [1.807, 2.05) is 6.08 Å². The zero-order valence-corrected chi connectivity index (χ0v) is 18.4. The summed E-state index contributed by atoms with van der Waals surface area (Å²) in [6.45, 7) is 5.03. The highest BCUT2D eigenvalue weighted by atomic mass is 32.2. The van der Waals surface area contributed by atoms with Crippen molar-refractivity contribution >= 4 is 57.0 Å². The van der Waals surface area contributed by atoms with E-state index >= 15 is 0 Å². The van der Waals surface area contributed by atoms with Crippen molar-refractivity contribution in [2.45, 2.75) is 26.2 Å². The number of thiocarbonyl (C=S) groups is 1. The van der Waals surface area contributed by atoms with E-state index in [0.717, 1.165) is 35.4 Å². The minimum atomic E-state index is -0.0500. The van der Waals surface area contributed by atoms with Crippen LogP contribution in [0.5, 0.6) is 0 Å². The van der Waals surface area contributed by atoms with Crippen LogP contribution in [0.25, 0.3) is 17.0 Å². The third-order valence-electron chi connectivity index (χ3n) is 5.31. The summed E-state index contributed by atoms with van der Waals surface area (Å²) in [6.07, 6.45) is 5.57. The zero-order chi connectivity index (χ0) is 20.4. The van der Waals surface area contributed by atoms with Gasteiger partial charge < -0.3 is 9.64 Å². The van der Waals surface area contributed by atoms with Crippen molar-refractivity contribution in [1.82, 2.24) is 9.88 Å². The smallest absolute Gasteiger partial charge is 0.266 e. The first-order valence-corrected chi connectivity index (χ1v) is 11.2. The van der Waals surface area contributed by atoms with Crippen LogP contribution < -0.4 is 4.90 Å². The maximum absolute atomic E-state index is 12.9. The first-order valence-electron chi connectivity index (χ1n) is 9.97. The highest BCUT2D eigenvalue weighted by molar-refractivity contribution is 8.26. The number of fused-ring (bicyclic) bond motifs is 1. The number of thioether (sulfide) groups is 1. The average molecular weight is 428 g/mol. The summed E-state index contributed by atoms with van der Waals surface area (Å²) in [7, 11) is 1.63. The topological polar surface area (TPSA) is 45.7 Å². The molecule has 1 aromatic heterocycles. The maximum atomic E-state index is 12.9. The number of carbonyl (C=O) groups is 1. The van der Waals surface area contributed by atoms with Gasteiger partial charge in [-0.2, -0.15) is 0 Å². The van der Waals surface area contributed by atoms with Gasteiger partial charge in [-0.1, -0.05) is 35.6 Å². The highest BCUT2D eigenvalue weighted by Crippen LogP contribution is 2.35. The number of piperidine rings is 1. The van der Waals surface area contributed by atoms with Gasteiger partial charge in [-0.05, 0) is 50.5 Å². The second kappa shape index (κ2) is 8.81. The second-order valence-electron chi connectivity index (χ2n) is 7.47. The zero-order valence-electron chi connectivity index (χ0n) is 16.8. The van der Waals surface area contributed by atoms with Crippen LogP contribution in [0.15, 0.2) is 29.2 Å². The number of hydrogen-bond acceptors (Lipinski definition) is 6. The molecule has 1 amide bonds. The molecule has 0 spiro atoms. The number of ether oxygens (including phenoxy) is 1. The highest BCUT2D eigenvalue weighted by Gasteiger charge is 2.32. The molecule has 0 saturated carbocycles. The van der Waals surface area contributed by atoms with Crippen molar-refractivity contribution in [2.75, 3.05) is 38.3 Å². The average Bonchev–Trinajstić information content (AvgIpc) is 2.99. The van der Waals surface area contributed by atoms with E-state index in [9.17, 15) is 4.79 Å². The summed E-state index contributed by atoms with van der Waals surface area (Å²) < 4.78 is 5.70. The van der Waals surface area contributed by atoms with Crippen molar-refractivity contribution in [3.8, 4) is 0 Å². The summed E-state index contributed by atoms with van der Waals surface area (Å²) in [6, 6.07) is 8.46. The van der Waals surface area contributed by atoms with Crippen LogP contribution in [0, 0.1) is 6.92 Å². The Bertz CT molecular complexity index is 983. The third kappa shape index (κ3) is 4.32. The summed E-state index contributed by atoms with van der Waals surface area (Å²) in [5, 5.41) is 1.09. The van der Waals surface area contributed by atoms with E-state index in [4.69, 9.17) is 21.9 Å². The number of pyridine rings is 1. The Morgan fingerprint density at radius 3 is 2.79 bits per heavy atom. The van der Waals surface area contributed by atoms with Gasteiger partial charge in [-0.25, -0.2) is 4.98 Å². The molecule has 152 valence electrons. The summed E-state index contributed by atoms with van der Waals surface area (Å²) in [5.41, 5.74) is 3.17. The Morgan fingerprint density at radius 1 is 1.24 bits per heavy atom. The van der Waals surface area contributed by atoms with Crippen molar-refractivity contribution < 1.29 is 9.53 Å². The molecule has 2 aliphatic rings. The maximum Gasteiger partial charge on any atom is 0.266 e. The number of anilines is 1.